The summed E-state index contributed by atoms with van der Waals surface area (Å²) in [6.45, 7) is 6.95. The Morgan fingerprint density at radius 2 is 0.727 bits per heavy atom. The highest BCUT2D eigenvalue weighted by Crippen LogP contribution is 2.43. The lowest BCUT2D eigenvalue weighted by molar-refractivity contribution is -0.870. The van der Waals surface area contributed by atoms with E-state index in [1.54, 1.807) is 0 Å². The molecule has 10 heteroatoms. The van der Waals surface area contributed by atoms with Gasteiger partial charge in [-0.1, -0.05) is 344 Å². The van der Waals surface area contributed by atoms with Crippen LogP contribution in [0.5, 0.6) is 0 Å². The van der Waals surface area contributed by atoms with Gasteiger partial charge in [-0.25, -0.2) is 4.57 Å². The van der Waals surface area contributed by atoms with Gasteiger partial charge in [0.15, 0.2) is 0 Å². The molecule has 0 aromatic rings. The van der Waals surface area contributed by atoms with Crippen LogP contribution in [-0.4, -0.2) is 74.3 Å². The molecule has 3 atom stereocenters. The van der Waals surface area contributed by atoms with Crippen LogP contribution < -0.4 is 5.32 Å². The van der Waals surface area contributed by atoms with Crippen molar-refractivity contribution in [3.05, 3.63) is 72.9 Å². The largest absolute Gasteiger partial charge is 0.472 e. The summed E-state index contributed by atoms with van der Waals surface area (Å²) in [4.78, 5) is 38.0. The molecule has 0 fully saturated rings. The van der Waals surface area contributed by atoms with Gasteiger partial charge in [0.05, 0.1) is 33.8 Å². The number of ether oxygens (including phenoxy) is 1. The normalized spacial score (nSPS) is 13.9. The van der Waals surface area contributed by atoms with Gasteiger partial charge in [0.25, 0.3) is 0 Å². The second-order valence-electron chi connectivity index (χ2n) is 26.8. The van der Waals surface area contributed by atoms with E-state index in [0.29, 0.717) is 17.4 Å². The molecule has 2 N–H and O–H groups in total. The first-order valence-electron chi connectivity index (χ1n) is 37.8. The average molecular weight is 1260 g/mol. The lowest BCUT2D eigenvalue weighted by Gasteiger charge is -2.27. The van der Waals surface area contributed by atoms with Gasteiger partial charge in [-0.2, -0.15) is 0 Å². The van der Waals surface area contributed by atoms with Crippen molar-refractivity contribution in [1.82, 2.24) is 5.32 Å². The minimum absolute atomic E-state index is 0.0402. The van der Waals surface area contributed by atoms with Gasteiger partial charge in [-0.15, -0.1) is 0 Å². The Bertz CT molecular complexity index is 1730. The number of nitrogens with zero attached hydrogens (tertiary/aromatic N) is 1. The molecule has 0 rings (SSSR count). The average Bonchev–Trinajstić information content (AvgIpc) is 3.61. The van der Waals surface area contributed by atoms with Crippen molar-refractivity contribution in [2.75, 3.05) is 40.9 Å². The van der Waals surface area contributed by atoms with Crippen LogP contribution in [0.4, 0.5) is 0 Å². The molecule has 3 unspecified atom stereocenters. The molecule has 0 heterocycles. The maximum Gasteiger partial charge on any atom is 0.472 e. The molecule has 0 aliphatic carbocycles. The summed E-state index contributed by atoms with van der Waals surface area (Å²) >= 11 is 0. The Labute approximate surface area is 546 Å². The first-order chi connectivity index (χ1) is 42.9. The molecule has 0 aliphatic rings. The molecule has 514 valence electrons. The fraction of sp³-hybridized carbons (Fsp3) is 0.821. The summed E-state index contributed by atoms with van der Waals surface area (Å²) in [6.07, 6.45) is 89.2. The topological polar surface area (TPSA) is 111 Å². The number of phosphoric ester groups is 1. The van der Waals surface area contributed by atoms with Crippen molar-refractivity contribution in [1.29, 1.82) is 0 Å². The number of allylic oxidation sites excluding steroid dienone is 11. The van der Waals surface area contributed by atoms with Gasteiger partial charge in [-0.05, 0) is 76.7 Å². The third kappa shape index (κ3) is 67.8. The zero-order chi connectivity index (χ0) is 64.2. The highest BCUT2D eigenvalue weighted by atomic mass is 31.2. The van der Waals surface area contributed by atoms with Gasteiger partial charge in [0.2, 0.25) is 5.91 Å². The van der Waals surface area contributed by atoms with Crippen LogP contribution in [-0.2, 0) is 27.9 Å². The summed E-state index contributed by atoms with van der Waals surface area (Å²) < 4.78 is 30.9. The number of carbonyl (C=O) groups excluding carboxylic acids is 2. The second kappa shape index (κ2) is 67.3. The van der Waals surface area contributed by atoms with E-state index in [4.69, 9.17) is 13.8 Å². The molecule has 0 spiro atoms. The van der Waals surface area contributed by atoms with Crippen molar-refractivity contribution in [2.45, 2.75) is 373 Å². The van der Waals surface area contributed by atoms with E-state index in [-0.39, 0.29) is 31.5 Å². The molecule has 1 amide bonds. The maximum absolute atomic E-state index is 13.6. The van der Waals surface area contributed by atoms with Crippen LogP contribution in [0.15, 0.2) is 72.9 Å². The van der Waals surface area contributed by atoms with Crippen molar-refractivity contribution < 1.29 is 37.3 Å². The maximum atomic E-state index is 13.6. The van der Waals surface area contributed by atoms with Crippen molar-refractivity contribution in [3.8, 4) is 0 Å². The van der Waals surface area contributed by atoms with E-state index >= 15 is 0 Å². The lowest BCUT2D eigenvalue weighted by atomic mass is 10.0. The predicted molar refractivity (Wildman–Crippen MR) is 383 cm³/mol. The van der Waals surface area contributed by atoms with Crippen molar-refractivity contribution in [3.63, 3.8) is 0 Å². The number of likely N-dealkylation sites (N-methyl/N-ethyl adjacent to an activating group) is 1. The van der Waals surface area contributed by atoms with Gasteiger partial charge in [0, 0.05) is 12.8 Å². The Balaban J connectivity index is 4.98. The zero-order valence-electron chi connectivity index (χ0n) is 59.0. The first kappa shape index (κ1) is 85.5. The fourth-order valence-corrected chi connectivity index (χ4v) is 11.9. The van der Waals surface area contributed by atoms with Gasteiger partial charge < -0.3 is 19.4 Å². The van der Waals surface area contributed by atoms with Crippen molar-refractivity contribution in [2.24, 2.45) is 0 Å². The SMILES string of the molecule is CC/C=C\C/C=C\C/C=C\C/C=C\C/C=C\CCCCCCCCCCCCCC(=O)OC(/C=C/CCCCCCCCCCCC)C(COP(=O)(O)OCC[N+](C)(C)C)NC(=O)CCCCCCCCCCCCCCCCCCCCCCCCC. The summed E-state index contributed by atoms with van der Waals surface area (Å²) in [5.74, 6) is -0.493. The van der Waals surface area contributed by atoms with E-state index in [1.807, 2.05) is 33.3 Å². The number of amides is 1. The Hall–Kier alpha value is -2.55. The van der Waals surface area contributed by atoms with E-state index in [2.05, 4.69) is 86.8 Å². The molecule has 0 bridgehead atoms. The third-order valence-electron chi connectivity index (χ3n) is 16.9. The second-order valence-corrected chi connectivity index (χ2v) is 28.3. The molecular weight excluding hydrogens is 1110 g/mol. The number of unbranched alkanes of at least 4 members (excludes halogenated alkanes) is 43. The van der Waals surface area contributed by atoms with E-state index < -0.39 is 20.0 Å². The summed E-state index contributed by atoms with van der Waals surface area (Å²) in [6, 6.07) is -0.851. The predicted octanol–water partition coefficient (Wildman–Crippen LogP) is 24.3. The molecule has 88 heavy (non-hydrogen) atoms. The smallest absolute Gasteiger partial charge is 0.456 e. The standard InChI is InChI=1S/C78H145N2O7P/c1-7-10-13-16-19-22-25-28-30-32-34-36-38-39-40-41-43-45-47-49-51-53-56-59-62-65-68-71-78(82)87-76(69-66-63-60-57-54-27-24-21-18-15-12-9-3)75(74-86-88(83,84)85-73-72-80(4,5)6)79-77(81)70-67-64-61-58-55-52-50-48-46-44-42-37-35-33-31-29-26-23-20-17-14-11-8-2/h10,13,19,22,28,30,34,36,39-40,66,69,75-76H,7-9,11-12,14-18,20-21,23-27,29,31-33,35,37-38,41-65,67-68,70-74H2,1-6H3,(H-,79,81,83,84)/p+1/b13-10-,22-19-,30-28-,36-34-,40-39-,69-66+. The molecule has 0 saturated heterocycles. The quantitative estimate of drug-likeness (QED) is 0.0205. The minimum atomic E-state index is -4.46. The van der Waals surface area contributed by atoms with E-state index in [9.17, 15) is 19.0 Å². The minimum Gasteiger partial charge on any atom is -0.456 e. The number of hydrogen-bond donors (Lipinski definition) is 2. The van der Waals surface area contributed by atoms with Crippen LogP contribution in [0.2, 0.25) is 0 Å². The highest BCUT2D eigenvalue weighted by molar-refractivity contribution is 7.47. The molecule has 9 nitrogen and oxygen atoms in total. The van der Waals surface area contributed by atoms with Crippen LogP contribution in [0.3, 0.4) is 0 Å². The number of quaternary nitrogens is 1. The van der Waals surface area contributed by atoms with Crippen LogP contribution in [0.1, 0.15) is 361 Å². The van der Waals surface area contributed by atoms with Crippen LogP contribution in [0.25, 0.3) is 0 Å². The third-order valence-corrected chi connectivity index (χ3v) is 17.9. The fourth-order valence-electron chi connectivity index (χ4n) is 11.1. The van der Waals surface area contributed by atoms with E-state index in [1.165, 1.54) is 238 Å². The number of hydrogen-bond acceptors (Lipinski definition) is 6. The number of phosphoric acid groups is 1. The van der Waals surface area contributed by atoms with Crippen molar-refractivity contribution >= 4 is 19.7 Å². The lowest BCUT2D eigenvalue weighted by Crippen LogP contribution is -2.47. The highest BCUT2D eigenvalue weighted by Gasteiger charge is 2.30. The molecule has 0 radical (unpaired) electrons. The number of carbonyl (C=O) groups is 2. The molecule has 0 aromatic heterocycles. The Morgan fingerprint density at radius 3 is 1.09 bits per heavy atom. The summed E-state index contributed by atoms with van der Waals surface area (Å²) in [5.41, 5.74) is 0. The van der Waals surface area contributed by atoms with Crippen LogP contribution in [0, 0.1) is 0 Å². The number of rotatable bonds is 69. The van der Waals surface area contributed by atoms with Gasteiger partial charge in [0.1, 0.15) is 19.3 Å². The number of nitrogens with one attached hydrogen (secondary N) is 1. The number of esters is 1. The van der Waals surface area contributed by atoms with Gasteiger partial charge >= 0.3 is 13.8 Å². The van der Waals surface area contributed by atoms with Gasteiger partial charge in [-0.3, -0.25) is 18.6 Å². The first-order valence-corrected chi connectivity index (χ1v) is 39.3. The Kier molecular flexibility index (Phi) is 65.4. The summed E-state index contributed by atoms with van der Waals surface area (Å²) in [7, 11) is 1.51. The monoisotopic (exact) mass is 1250 g/mol. The van der Waals surface area contributed by atoms with Crippen LogP contribution >= 0.6 is 7.82 Å². The molecule has 0 aliphatic heterocycles. The molecule has 0 aromatic carbocycles. The molecular formula is C78H146N2O7P+. The zero-order valence-corrected chi connectivity index (χ0v) is 59.9. The van der Waals surface area contributed by atoms with E-state index in [0.717, 1.165) is 89.9 Å². The Morgan fingerprint density at radius 1 is 0.409 bits per heavy atom. The molecule has 0 saturated carbocycles. The summed E-state index contributed by atoms with van der Waals surface area (Å²) in [5, 5.41) is 3.08.